The highest BCUT2D eigenvalue weighted by atomic mass is 35.5. The van der Waals surface area contributed by atoms with Gasteiger partial charge in [0.15, 0.2) is 0 Å². The number of likely N-dealkylation sites (tertiary alicyclic amines) is 1. The van der Waals surface area contributed by atoms with Crippen molar-refractivity contribution in [2.75, 3.05) is 25.0 Å². The molecule has 1 atom stereocenters. The number of hydrogen-bond acceptors (Lipinski definition) is 5. The number of rotatable bonds is 6. The lowest BCUT2D eigenvalue weighted by Crippen LogP contribution is -2.50. The second-order valence-electron chi connectivity index (χ2n) is 6.33. The van der Waals surface area contributed by atoms with Crippen molar-refractivity contribution in [3.8, 4) is 6.07 Å². The van der Waals surface area contributed by atoms with Gasteiger partial charge >= 0.3 is 0 Å². The molecule has 1 saturated heterocycles. The number of anilines is 1. The molecule has 1 aliphatic rings. The number of nitriles is 1. The Balaban J connectivity index is 1.80. The zero-order chi connectivity index (χ0) is 16.9. The van der Waals surface area contributed by atoms with Crippen LogP contribution in [0, 0.1) is 11.3 Å². The number of carbonyl (C=O) groups excluding carboxylic acids is 1. The van der Waals surface area contributed by atoms with E-state index < -0.39 is 0 Å². The summed E-state index contributed by atoms with van der Waals surface area (Å²) in [6.45, 7) is 5.52. The first-order valence-corrected chi connectivity index (χ1v) is 8.09. The normalized spacial score (nSPS) is 17.8. The predicted molar refractivity (Wildman–Crippen MR) is 90.2 cm³/mol. The topological polar surface area (TPSA) is 81.1 Å². The van der Waals surface area contributed by atoms with Gasteiger partial charge in [-0.25, -0.2) is 4.98 Å². The zero-order valence-electron chi connectivity index (χ0n) is 13.5. The molecule has 124 valence electrons. The molecule has 0 radical (unpaired) electrons. The number of nitrogens with one attached hydrogen (secondary N) is 2. The number of pyridine rings is 1. The summed E-state index contributed by atoms with van der Waals surface area (Å²) in [6.07, 6.45) is 3.26. The molecule has 0 spiro atoms. The molecule has 2 N–H and O–H groups in total. The van der Waals surface area contributed by atoms with E-state index in [1.54, 1.807) is 17.2 Å². The fourth-order valence-corrected chi connectivity index (χ4v) is 2.58. The molecule has 6 nitrogen and oxygen atoms in total. The van der Waals surface area contributed by atoms with Gasteiger partial charge in [-0.2, -0.15) is 5.26 Å². The molecule has 2 rings (SSSR count). The SMILES string of the molecule is CC(C)(CNc1ccc(Cl)cn1)NCC(=O)N1CCC[C@H]1C#N. The summed E-state index contributed by atoms with van der Waals surface area (Å²) >= 11 is 5.80. The molecule has 0 aromatic carbocycles. The molecule has 23 heavy (non-hydrogen) atoms. The van der Waals surface area contributed by atoms with Crippen LogP contribution < -0.4 is 10.6 Å². The Hall–Kier alpha value is -1.84. The van der Waals surface area contributed by atoms with Crippen LogP contribution in [0.2, 0.25) is 5.02 Å². The molecule has 1 fully saturated rings. The molecule has 0 aliphatic carbocycles. The predicted octanol–water partition coefficient (Wildman–Crippen LogP) is 2.03. The van der Waals surface area contributed by atoms with Crippen LogP contribution in [-0.4, -0.2) is 47.0 Å². The van der Waals surface area contributed by atoms with Gasteiger partial charge in [0.25, 0.3) is 0 Å². The van der Waals surface area contributed by atoms with Gasteiger partial charge in [-0.1, -0.05) is 11.6 Å². The van der Waals surface area contributed by atoms with Crippen molar-refractivity contribution in [3.63, 3.8) is 0 Å². The second-order valence-corrected chi connectivity index (χ2v) is 6.76. The van der Waals surface area contributed by atoms with Gasteiger partial charge < -0.3 is 15.5 Å². The van der Waals surface area contributed by atoms with Crippen LogP contribution in [0.1, 0.15) is 26.7 Å². The summed E-state index contributed by atoms with van der Waals surface area (Å²) in [7, 11) is 0. The van der Waals surface area contributed by atoms with E-state index in [2.05, 4.69) is 21.7 Å². The average molecular weight is 336 g/mol. The molecular weight excluding hydrogens is 314 g/mol. The lowest BCUT2D eigenvalue weighted by atomic mass is 10.1. The minimum absolute atomic E-state index is 0.0215. The van der Waals surface area contributed by atoms with Gasteiger partial charge in [-0.15, -0.1) is 0 Å². The molecule has 1 aliphatic heterocycles. The third kappa shape index (κ3) is 5.08. The standard InChI is InChI=1S/C16H22ClN5O/c1-16(2,11-20-14-6-5-12(17)9-19-14)21-10-15(23)22-7-3-4-13(22)8-18/h5-6,9,13,21H,3-4,7,10-11H2,1-2H3,(H,19,20)/t13-/m0/s1. The van der Waals surface area contributed by atoms with Crippen molar-refractivity contribution >= 4 is 23.3 Å². The van der Waals surface area contributed by atoms with Crippen molar-refractivity contribution < 1.29 is 4.79 Å². The van der Waals surface area contributed by atoms with Crippen LogP contribution in [-0.2, 0) is 4.79 Å². The number of hydrogen-bond donors (Lipinski definition) is 2. The highest BCUT2D eigenvalue weighted by Crippen LogP contribution is 2.16. The minimum Gasteiger partial charge on any atom is -0.368 e. The molecule has 0 saturated carbocycles. The van der Waals surface area contributed by atoms with Crippen molar-refractivity contribution in [2.24, 2.45) is 0 Å². The summed E-state index contributed by atoms with van der Waals surface area (Å²) in [5.41, 5.74) is -0.293. The third-order valence-electron chi connectivity index (χ3n) is 3.88. The fourth-order valence-electron chi connectivity index (χ4n) is 2.47. The summed E-state index contributed by atoms with van der Waals surface area (Å²) in [5, 5.41) is 16.1. The van der Waals surface area contributed by atoms with Crippen LogP contribution in [0.25, 0.3) is 0 Å². The molecule has 0 unspecified atom stereocenters. The van der Waals surface area contributed by atoms with Crippen molar-refractivity contribution in [2.45, 2.75) is 38.3 Å². The number of aromatic nitrogens is 1. The van der Waals surface area contributed by atoms with Crippen molar-refractivity contribution in [3.05, 3.63) is 23.4 Å². The Bertz CT molecular complexity index is 581. The Morgan fingerprint density at radius 2 is 2.35 bits per heavy atom. The maximum Gasteiger partial charge on any atom is 0.237 e. The molecule has 1 aromatic rings. The van der Waals surface area contributed by atoms with Gasteiger partial charge in [-0.3, -0.25) is 4.79 Å². The summed E-state index contributed by atoms with van der Waals surface area (Å²) in [6, 6.07) is 5.50. The Morgan fingerprint density at radius 3 is 3.00 bits per heavy atom. The Labute approximate surface area is 141 Å². The smallest absolute Gasteiger partial charge is 0.237 e. The van der Waals surface area contributed by atoms with Crippen LogP contribution in [0.3, 0.4) is 0 Å². The minimum atomic E-state index is -0.293. The van der Waals surface area contributed by atoms with Gasteiger partial charge in [0.2, 0.25) is 5.91 Å². The maximum absolute atomic E-state index is 12.2. The van der Waals surface area contributed by atoms with E-state index in [1.165, 1.54) is 0 Å². The third-order valence-corrected chi connectivity index (χ3v) is 4.10. The summed E-state index contributed by atoms with van der Waals surface area (Å²) in [4.78, 5) is 18.1. The van der Waals surface area contributed by atoms with Crippen LogP contribution in [0.5, 0.6) is 0 Å². The first-order chi connectivity index (χ1) is 10.9. The largest absolute Gasteiger partial charge is 0.368 e. The number of nitrogens with zero attached hydrogens (tertiary/aromatic N) is 3. The van der Waals surface area contributed by atoms with Gasteiger partial charge in [0.05, 0.1) is 17.6 Å². The van der Waals surface area contributed by atoms with Crippen LogP contribution >= 0.6 is 11.6 Å². The highest BCUT2D eigenvalue weighted by molar-refractivity contribution is 6.30. The molecule has 1 amide bonds. The molecule has 2 heterocycles. The van der Waals surface area contributed by atoms with E-state index in [9.17, 15) is 4.79 Å². The molecular formula is C16H22ClN5O. The van der Waals surface area contributed by atoms with Gasteiger partial charge in [0.1, 0.15) is 11.9 Å². The molecule has 1 aromatic heterocycles. The monoisotopic (exact) mass is 335 g/mol. The quantitative estimate of drug-likeness (QED) is 0.831. The van der Waals surface area contributed by atoms with E-state index in [0.29, 0.717) is 18.1 Å². The van der Waals surface area contributed by atoms with E-state index >= 15 is 0 Å². The van der Waals surface area contributed by atoms with Crippen molar-refractivity contribution in [1.82, 2.24) is 15.2 Å². The lowest BCUT2D eigenvalue weighted by molar-refractivity contribution is -0.130. The van der Waals surface area contributed by atoms with Crippen molar-refractivity contribution in [1.29, 1.82) is 5.26 Å². The highest BCUT2D eigenvalue weighted by Gasteiger charge is 2.29. The first kappa shape index (κ1) is 17.5. The van der Waals surface area contributed by atoms with E-state index in [1.807, 2.05) is 19.9 Å². The number of amides is 1. The van der Waals surface area contributed by atoms with Gasteiger partial charge in [-0.05, 0) is 38.8 Å². The Morgan fingerprint density at radius 1 is 1.57 bits per heavy atom. The Kier molecular flexibility index (Phi) is 5.80. The first-order valence-electron chi connectivity index (χ1n) is 7.71. The number of carbonyl (C=O) groups is 1. The summed E-state index contributed by atoms with van der Waals surface area (Å²) < 4.78 is 0. The van der Waals surface area contributed by atoms with E-state index in [4.69, 9.17) is 16.9 Å². The molecule has 7 heteroatoms. The van der Waals surface area contributed by atoms with E-state index in [0.717, 1.165) is 18.7 Å². The average Bonchev–Trinajstić information content (AvgIpc) is 3.01. The maximum atomic E-state index is 12.2. The number of halogens is 1. The van der Waals surface area contributed by atoms with Gasteiger partial charge in [0, 0.05) is 24.8 Å². The van der Waals surface area contributed by atoms with E-state index in [-0.39, 0.29) is 24.0 Å². The molecule has 0 bridgehead atoms. The lowest BCUT2D eigenvalue weighted by Gasteiger charge is -2.28. The zero-order valence-corrected chi connectivity index (χ0v) is 14.2. The summed E-state index contributed by atoms with van der Waals surface area (Å²) in [5.74, 6) is 0.714. The fraction of sp³-hybridized carbons (Fsp3) is 0.562. The second kappa shape index (κ2) is 7.62. The van der Waals surface area contributed by atoms with Crippen LogP contribution in [0.15, 0.2) is 18.3 Å². The van der Waals surface area contributed by atoms with Crippen LogP contribution in [0.4, 0.5) is 5.82 Å².